The van der Waals surface area contributed by atoms with E-state index < -0.39 is 5.60 Å². The lowest BCUT2D eigenvalue weighted by Gasteiger charge is -2.32. The minimum absolute atomic E-state index is 0.518. The summed E-state index contributed by atoms with van der Waals surface area (Å²) in [6, 6.07) is 0.623. The predicted molar refractivity (Wildman–Crippen MR) is 59.4 cm³/mol. The van der Waals surface area contributed by atoms with E-state index in [-0.39, 0.29) is 0 Å². The minimum atomic E-state index is -0.518. The van der Waals surface area contributed by atoms with Crippen LogP contribution in [-0.2, 0) is 0 Å². The number of hydrogen-bond acceptors (Lipinski definition) is 3. The zero-order valence-corrected chi connectivity index (χ0v) is 9.71. The summed E-state index contributed by atoms with van der Waals surface area (Å²) in [6.07, 6.45) is 3.36. The first-order valence-electron chi connectivity index (χ1n) is 5.70. The summed E-state index contributed by atoms with van der Waals surface area (Å²) in [5.74, 6) is 0. The Morgan fingerprint density at radius 2 is 2.29 bits per heavy atom. The number of aliphatic hydroxyl groups is 1. The molecule has 2 N–H and O–H groups in total. The number of likely N-dealkylation sites (N-methyl/N-ethyl adjacent to an activating group) is 1. The summed E-state index contributed by atoms with van der Waals surface area (Å²) in [4.78, 5) is 2.42. The molecule has 1 aliphatic rings. The fourth-order valence-corrected chi connectivity index (χ4v) is 2.12. The average Bonchev–Trinajstić information content (AvgIpc) is 2.53. The van der Waals surface area contributed by atoms with Gasteiger partial charge in [-0.15, -0.1) is 0 Å². The van der Waals surface area contributed by atoms with Crippen LogP contribution in [0.3, 0.4) is 0 Å². The lowest BCUT2D eigenvalue weighted by Crippen LogP contribution is -2.45. The number of hydrogen-bond donors (Lipinski definition) is 2. The molecule has 2 atom stereocenters. The molecular formula is C11H24N2O. The Balaban J connectivity index is 2.42. The van der Waals surface area contributed by atoms with E-state index in [0.29, 0.717) is 6.04 Å². The minimum Gasteiger partial charge on any atom is -0.389 e. The van der Waals surface area contributed by atoms with Gasteiger partial charge in [0, 0.05) is 19.1 Å². The summed E-state index contributed by atoms with van der Waals surface area (Å²) in [6.45, 7) is 6.98. The van der Waals surface area contributed by atoms with Crippen LogP contribution in [0.25, 0.3) is 0 Å². The van der Waals surface area contributed by atoms with E-state index >= 15 is 0 Å². The van der Waals surface area contributed by atoms with Crippen LogP contribution in [0.1, 0.15) is 33.1 Å². The second-order valence-electron chi connectivity index (χ2n) is 4.67. The maximum atomic E-state index is 10.0. The van der Waals surface area contributed by atoms with Gasteiger partial charge in [-0.1, -0.05) is 6.92 Å². The quantitative estimate of drug-likeness (QED) is 0.690. The highest BCUT2D eigenvalue weighted by Gasteiger charge is 2.29. The van der Waals surface area contributed by atoms with Crippen LogP contribution < -0.4 is 5.32 Å². The van der Waals surface area contributed by atoms with Gasteiger partial charge in [-0.3, -0.25) is 4.90 Å². The number of β-amino-alcohol motifs (C(OH)–C–C–N with tert-alkyl or cyclic N) is 1. The third-order valence-corrected chi connectivity index (χ3v) is 3.24. The molecule has 3 nitrogen and oxygen atoms in total. The molecule has 0 aromatic carbocycles. The number of likely N-dealkylation sites (tertiary alicyclic amines) is 1. The number of rotatable bonds is 5. The van der Waals surface area contributed by atoms with Crippen LogP contribution in [0.4, 0.5) is 0 Å². The molecule has 3 heteroatoms. The highest BCUT2D eigenvalue weighted by atomic mass is 16.3. The Morgan fingerprint density at radius 3 is 2.86 bits per heavy atom. The number of nitrogens with one attached hydrogen (secondary N) is 1. The first kappa shape index (κ1) is 12.0. The Morgan fingerprint density at radius 1 is 1.57 bits per heavy atom. The first-order valence-corrected chi connectivity index (χ1v) is 5.70. The molecule has 0 aromatic heterocycles. The van der Waals surface area contributed by atoms with E-state index in [9.17, 15) is 5.11 Å². The Kier molecular flexibility index (Phi) is 4.35. The van der Waals surface area contributed by atoms with Gasteiger partial charge in [-0.05, 0) is 39.8 Å². The molecule has 1 fully saturated rings. The molecule has 2 unspecified atom stereocenters. The summed E-state index contributed by atoms with van der Waals surface area (Å²) < 4.78 is 0. The van der Waals surface area contributed by atoms with E-state index in [4.69, 9.17) is 0 Å². The molecule has 1 aliphatic heterocycles. The standard InChI is InChI=1S/C11H24N2O/c1-4-11(2,14)9-13-7-5-6-10(13)8-12-3/h10,12,14H,4-9H2,1-3H3. The van der Waals surface area contributed by atoms with Crippen LogP contribution in [-0.4, -0.2) is 48.3 Å². The molecule has 0 bridgehead atoms. The fourth-order valence-electron chi connectivity index (χ4n) is 2.12. The summed E-state index contributed by atoms with van der Waals surface area (Å²) in [5.41, 5.74) is -0.518. The summed E-state index contributed by atoms with van der Waals surface area (Å²) >= 11 is 0. The third-order valence-electron chi connectivity index (χ3n) is 3.24. The van der Waals surface area contributed by atoms with Crippen molar-refractivity contribution in [1.82, 2.24) is 10.2 Å². The molecule has 0 saturated carbocycles. The molecule has 0 spiro atoms. The van der Waals surface area contributed by atoms with Gasteiger partial charge in [0.2, 0.25) is 0 Å². The van der Waals surface area contributed by atoms with Crippen molar-refractivity contribution in [3.63, 3.8) is 0 Å². The highest BCUT2D eigenvalue weighted by Crippen LogP contribution is 2.20. The molecular weight excluding hydrogens is 176 g/mol. The smallest absolute Gasteiger partial charge is 0.0743 e. The van der Waals surface area contributed by atoms with Gasteiger partial charge >= 0.3 is 0 Å². The zero-order valence-electron chi connectivity index (χ0n) is 9.71. The van der Waals surface area contributed by atoms with Gasteiger partial charge < -0.3 is 10.4 Å². The van der Waals surface area contributed by atoms with Crippen molar-refractivity contribution in [2.75, 3.05) is 26.7 Å². The molecule has 1 heterocycles. The molecule has 14 heavy (non-hydrogen) atoms. The predicted octanol–water partition coefficient (Wildman–Crippen LogP) is 0.831. The van der Waals surface area contributed by atoms with Crippen LogP contribution in [0.15, 0.2) is 0 Å². The molecule has 84 valence electrons. The SMILES string of the molecule is CCC(C)(O)CN1CCCC1CNC. The highest BCUT2D eigenvalue weighted by molar-refractivity contribution is 4.85. The topological polar surface area (TPSA) is 35.5 Å². The lowest BCUT2D eigenvalue weighted by molar-refractivity contribution is 0.0129. The van der Waals surface area contributed by atoms with Crippen molar-refractivity contribution < 1.29 is 5.11 Å². The summed E-state index contributed by atoms with van der Waals surface area (Å²) in [7, 11) is 1.99. The maximum absolute atomic E-state index is 10.0. The molecule has 1 saturated heterocycles. The Labute approximate surface area is 87.5 Å². The van der Waals surface area contributed by atoms with Gasteiger partial charge in [0.05, 0.1) is 5.60 Å². The van der Waals surface area contributed by atoms with Gasteiger partial charge in [0.1, 0.15) is 0 Å². The van der Waals surface area contributed by atoms with Crippen molar-refractivity contribution >= 4 is 0 Å². The Hall–Kier alpha value is -0.120. The summed E-state index contributed by atoms with van der Waals surface area (Å²) in [5, 5.41) is 13.2. The van der Waals surface area contributed by atoms with E-state index in [1.54, 1.807) is 0 Å². The van der Waals surface area contributed by atoms with Gasteiger partial charge in [0.25, 0.3) is 0 Å². The van der Waals surface area contributed by atoms with Crippen LogP contribution in [0.2, 0.25) is 0 Å². The van der Waals surface area contributed by atoms with Crippen molar-refractivity contribution in [3.8, 4) is 0 Å². The second-order valence-corrected chi connectivity index (χ2v) is 4.67. The lowest BCUT2D eigenvalue weighted by atomic mass is 10.0. The van der Waals surface area contributed by atoms with Gasteiger partial charge in [-0.2, -0.15) is 0 Å². The average molecular weight is 200 g/mol. The molecule has 0 radical (unpaired) electrons. The first-order chi connectivity index (χ1) is 6.59. The van der Waals surface area contributed by atoms with E-state index in [2.05, 4.69) is 10.2 Å². The van der Waals surface area contributed by atoms with Crippen LogP contribution in [0.5, 0.6) is 0 Å². The van der Waals surface area contributed by atoms with Gasteiger partial charge in [0.15, 0.2) is 0 Å². The third kappa shape index (κ3) is 3.23. The monoisotopic (exact) mass is 200 g/mol. The second kappa shape index (κ2) is 5.10. The van der Waals surface area contributed by atoms with Crippen LogP contribution >= 0.6 is 0 Å². The molecule has 0 aromatic rings. The van der Waals surface area contributed by atoms with E-state index in [1.165, 1.54) is 12.8 Å². The Bertz CT molecular complexity index is 171. The van der Waals surface area contributed by atoms with Crippen LogP contribution in [0, 0.1) is 0 Å². The molecule has 0 amide bonds. The normalized spacial score (nSPS) is 27.9. The van der Waals surface area contributed by atoms with E-state index in [1.807, 2.05) is 20.9 Å². The van der Waals surface area contributed by atoms with Gasteiger partial charge in [-0.25, -0.2) is 0 Å². The van der Waals surface area contributed by atoms with Crippen molar-refractivity contribution in [2.45, 2.75) is 44.8 Å². The van der Waals surface area contributed by atoms with E-state index in [0.717, 1.165) is 26.1 Å². The number of nitrogens with zero attached hydrogens (tertiary/aromatic N) is 1. The molecule has 1 rings (SSSR count). The molecule has 0 aliphatic carbocycles. The fraction of sp³-hybridized carbons (Fsp3) is 1.00. The van der Waals surface area contributed by atoms with Crippen molar-refractivity contribution in [2.24, 2.45) is 0 Å². The largest absolute Gasteiger partial charge is 0.389 e. The van der Waals surface area contributed by atoms with Crippen molar-refractivity contribution in [1.29, 1.82) is 0 Å². The zero-order chi connectivity index (χ0) is 10.6. The van der Waals surface area contributed by atoms with Crippen molar-refractivity contribution in [3.05, 3.63) is 0 Å². The maximum Gasteiger partial charge on any atom is 0.0743 e.